The predicted molar refractivity (Wildman–Crippen MR) is 149 cm³/mol. The van der Waals surface area contributed by atoms with E-state index >= 15 is 0 Å². The molecule has 3 aliphatic heterocycles. The maximum atomic E-state index is 12.8. The Hall–Kier alpha value is -3.16. The Morgan fingerprint density at radius 1 is 0.952 bits per heavy atom. The number of carbonyl (C=O) groups excluding carboxylic acids is 2. The van der Waals surface area contributed by atoms with Crippen molar-refractivity contribution in [2.24, 2.45) is 0 Å². The normalized spacial score (nSPS) is 20.6. The van der Waals surface area contributed by atoms with Gasteiger partial charge < -0.3 is 10.1 Å². The van der Waals surface area contributed by atoms with Crippen molar-refractivity contribution >= 4 is 22.0 Å². The molecule has 13 heteroatoms. The Morgan fingerprint density at radius 2 is 1.52 bits per heavy atom. The first kappa shape index (κ1) is 30.3. The summed E-state index contributed by atoms with van der Waals surface area (Å²) in [5.41, 5.74) is 0.912. The number of ether oxygens (including phenoxy) is 1. The first-order valence-corrected chi connectivity index (χ1v) is 15.9. The molecule has 1 spiro atoms. The summed E-state index contributed by atoms with van der Waals surface area (Å²) in [5.74, 6) is -0.220. The third-order valence-corrected chi connectivity index (χ3v) is 9.65. The van der Waals surface area contributed by atoms with E-state index in [1.165, 1.54) is 22.7 Å². The number of sulfonamides is 1. The van der Waals surface area contributed by atoms with Gasteiger partial charge in [-0.25, -0.2) is 17.5 Å². The number of benzene rings is 2. The third-order valence-electron chi connectivity index (χ3n) is 8.34. The van der Waals surface area contributed by atoms with Crippen molar-refractivity contribution in [2.75, 3.05) is 39.0 Å². The second kappa shape index (κ2) is 11.8. The smallest absolute Gasteiger partial charge is 0.416 e. The molecule has 2 amide bonds. The Morgan fingerprint density at radius 3 is 2.10 bits per heavy atom. The van der Waals surface area contributed by atoms with Gasteiger partial charge in [0, 0.05) is 63.7 Å². The molecule has 0 unspecified atom stereocenters. The Labute approximate surface area is 243 Å². The molecule has 3 heterocycles. The van der Waals surface area contributed by atoms with Crippen LogP contribution in [-0.2, 0) is 34.0 Å². The minimum absolute atomic E-state index is 0.0907. The number of hydrogen-bond acceptors (Lipinski definition) is 6. The highest BCUT2D eigenvalue weighted by atomic mass is 32.2. The van der Waals surface area contributed by atoms with Gasteiger partial charge in [0.25, 0.3) is 5.91 Å². The van der Waals surface area contributed by atoms with Gasteiger partial charge in [-0.05, 0) is 48.2 Å². The molecule has 2 aromatic carbocycles. The molecular formula is C29H35F3N4O5S. The van der Waals surface area contributed by atoms with Gasteiger partial charge in [-0.3, -0.25) is 14.6 Å². The third kappa shape index (κ3) is 7.24. The van der Waals surface area contributed by atoms with E-state index in [9.17, 15) is 31.2 Å². The summed E-state index contributed by atoms with van der Waals surface area (Å²) in [6.07, 6.45) is -1.16. The summed E-state index contributed by atoms with van der Waals surface area (Å²) in [7, 11) is -3.22. The fraction of sp³-hybridized carbons (Fsp3) is 0.517. The van der Waals surface area contributed by atoms with E-state index in [4.69, 9.17) is 4.74 Å². The molecule has 42 heavy (non-hydrogen) atoms. The monoisotopic (exact) mass is 608 g/mol. The van der Waals surface area contributed by atoms with E-state index in [0.717, 1.165) is 23.3 Å². The number of halogens is 3. The summed E-state index contributed by atoms with van der Waals surface area (Å²) in [6.45, 7) is 3.43. The van der Waals surface area contributed by atoms with Gasteiger partial charge in [0.2, 0.25) is 10.0 Å². The maximum Gasteiger partial charge on any atom is 0.416 e. The maximum absolute atomic E-state index is 12.8. The van der Waals surface area contributed by atoms with Crippen molar-refractivity contribution in [3.05, 3.63) is 70.8 Å². The number of hydrogen-bond donors (Lipinski definition) is 1. The quantitative estimate of drug-likeness (QED) is 0.513. The summed E-state index contributed by atoms with van der Waals surface area (Å²) in [6, 6.07) is 12.2. The molecule has 3 aliphatic rings. The van der Waals surface area contributed by atoms with Crippen LogP contribution in [0.15, 0.2) is 48.5 Å². The molecule has 3 saturated heterocycles. The number of nitrogens with one attached hydrogen (secondary N) is 1. The van der Waals surface area contributed by atoms with Crippen molar-refractivity contribution in [1.82, 2.24) is 19.4 Å². The number of rotatable bonds is 7. The number of alkyl halides is 3. The van der Waals surface area contributed by atoms with Crippen LogP contribution in [0.4, 0.5) is 18.0 Å². The highest BCUT2D eigenvalue weighted by molar-refractivity contribution is 7.88. The molecule has 9 nitrogen and oxygen atoms in total. The van der Waals surface area contributed by atoms with E-state index in [1.807, 2.05) is 12.1 Å². The zero-order chi connectivity index (χ0) is 30.1. The molecule has 0 aromatic heterocycles. The highest BCUT2D eigenvalue weighted by Gasteiger charge is 2.46. The average Bonchev–Trinajstić information content (AvgIpc) is 3.24. The summed E-state index contributed by atoms with van der Waals surface area (Å²) < 4.78 is 69.1. The van der Waals surface area contributed by atoms with Crippen molar-refractivity contribution in [3.63, 3.8) is 0 Å². The second-order valence-electron chi connectivity index (χ2n) is 11.5. The van der Waals surface area contributed by atoms with Crippen molar-refractivity contribution < 1.29 is 35.9 Å². The molecule has 228 valence electrons. The van der Waals surface area contributed by atoms with Crippen LogP contribution in [0.5, 0.6) is 0 Å². The predicted octanol–water partition coefficient (Wildman–Crippen LogP) is 3.85. The van der Waals surface area contributed by atoms with E-state index in [1.54, 1.807) is 17.0 Å². The number of carbonyl (C=O) groups is 2. The van der Waals surface area contributed by atoms with Gasteiger partial charge in [-0.2, -0.15) is 13.2 Å². The summed E-state index contributed by atoms with van der Waals surface area (Å²) in [4.78, 5) is 29.3. The zero-order valence-corrected chi connectivity index (χ0v) is 24.2. The molecule has 3 fully saturated rings. The van der Waals surface area contributed by atoms with Crippen LogP contribution in [0.1, 0.15) is 52.7 Å². The molecule has 0 saturated carbocycles. The van der Waals surface area contributed by atoms with Gasteiger partial charge >= 0.3 is 12.3 Å². The number of likely N-dealkylation sites (tertiary alicyclic amines) is 1. The molecule has 0 aliphatic carbocycles. The minimum atomic E-state index is -4.35. The topological polar surface area (TPSA) is 99.3 Å². The number of nitrogens with zero attached hydrogens (tertiary/aromatic N) is 3. The van der Waals surface area contributed by atoms with E-state index in [2.05, 4.69) is 10.2 Å². The van der Waals surface area contributed by atoms with Crippen LogP contribution in [-0.4, -0.2) is 85.1 Å². The van der Waals surface area contributed by atoms with E-state index in [-0.39, 0.29) is 18.0 Å². The molecule has 5 rings (SSSR count). The first-order valence-electron chi connectivity index (χ1n) is 14.0. The van der Waals surface area contributed by atoms with E-state index in [0.29, 0.717) is 77.1 Å². The highest BCUT2D eigenvalue weighted by Crippen LogP contribution is 2.35. The fourth-order valence-electron chi connectivity index (χ4n) is 5.83. The standard InChI is InChI=1S/C29H35F3N4O5S/c1-42(39,40)36-14-10-25(11-15-36)33-26(37)23-6-2-22(3-7-23)19-35-20-28(41-27(35)38)12-16-34(17-13-28)18-21-4-8-24(9-5-21)29(30,31)32/h2-9,25H,10-20H2,1H3,(H,33,37). The number of amides is 2. The molecule has 0 bridgehead atoms. The number of piperidine rings is 2. The van der Waals surface area contributed by atoms with Crippen LogP contribution < -0.4 is 5.32 Å². The summed E-state index contributed by atoms with van der Waals surface area (Å²) in [5, 5.41) is 2.98. The largest absolute Gasteiger partial charge is 0.441 e. The van der Waals surface area contributed by atoms with Gasteiger partial charge in [0.15, 0.2) is 0 Å². The Bertz CT molecular complexity index is 1380. The lowest BCUT2D eigenvalue weighted by Crippen LogP contribution is -2.46. The van der Waals surface area contributed by atoms with Crippen molar-refractivity contribution in [3.8, 4) is 0 Å². The average molecular weight is 609 g/mol. The SMILES string of the molecule is CS(=O)(=O)N1CCC(NC(=O)c2ccc(CN3CC4(CCN(Cc5ccc(C(F)(F)F)cc5)CC4)OC3=O)cc2)CC1. The lowest BCUT2D eigenvalue weighted by atomic mass is 9.91. The van der Waals surface area contributed by atoms with Gasteiger partial charge in [-0.1, -0.05) is 24.3 Å². The van der Waals surface area contributed by atoms with Crippen LogP contribution in [0.25, 0.3) is 0 Å². The summed E-state index contributed by atoms with van der Waals surface area (Å²) >= 11 is 0. The lowest BCUT2D eigenvalue weighted by Gasteiger charge is -2.37. The van der Waals surface area contributed by atoms with Gasteiger partial charge in [0.1, 0.15) is 5.60 Å². The molecule has 0 atom stereocenters. The van der Waals surface area contributed by atoms with Crippen molar-refractivity contribution in [1.29, 1.82) is 0 Å². The van der Waals surface area contributed by atoms with E-state index < -0.39 is 27.4 Å². The molecule has 2 aromatic rings. The lowest BCUT2D eigenvalue weighted by molar-refractivity contribution is -0.137. The van der Waals surface area contributed by atoms with Crippen LogP contribution in [0.3, 0.4) is 0 Å². The van der Waals surface area contributed by atoms with Crippen LogP contribution >= 0.6 is 0 Å². The fourth-order valence-corrected chi connectivity index (χ4v) is 6.71. The van der Waals surface area contributed by atoms with Crippen LogP contribution in [0, 0.1) is 0 Å². The first-order chi connectivity index (χ1) is 19.8. The Balaban J connectivity index is 1.08. The van der Waals surface area contributed by atoms with Gasteiger partial charge in [0.05, 0.1) is 18.4 Å². The second-order valence-corrected chi connectivity index (χ2v) is 13.5. The molecular weight excluding hydrogens is 573 g/mol. The van der Waals surface area contributed by atoms with Crippen molar-refractivity contribution in [2.45, 2.75) is 56.6 Å². The van der Waals surface area contributed by atoms with Gasteiger partial charge in [-0.15, -0.1) is 0 Å². The van der Waals surface area contributed by atoms with Crippen LogP contribution in [0.2, 0.25) is 0 Å². The molecule has 0 radical (unpaired) electrons. The Kier molecular flexibility index (Phi) is 8.55. The molecule has 1 N–H and O–H groups in total. The zero-order valence-electron chi connectivity index (χ0n) is 23.4. The minimum Gasteiger partial charge on any atom is -0.441 e.